The van der Waals surface area contributed by atoms with Crippen molar-refractivity contribution in [2.75, 3.05) is 6.61 Å². The minimum atomic E-state index is -0.488. The molecule has 3 aromatic rings. The topological polar surface area (TPSA) is 70.4 Å². The molecule has 4 rings (SSSR count). The van der Waals surface area contributed by atoms with Crippen LogP contribution in [0.25, 0.3) is 10.2 Å². The van der Waals surface area contributed by atoms with E-state index in [1.807, 2.05) is 13.0 Å². The van der Waals surface area contributed by atoms with Crippen LogP contribution in [0, 0.1) is 6.92 Å². The maximum Gasteiger partial charge on any atom is 0.354 e. The van der Waals surface area contributed by atoms with Gasteiger partial charge in [0.05, 0.1) is 12.0 Å². The normalized spacial score (nSPS) is 13.7. The molecule has 0 bridgehead atoms. The number of para-hydroxylation sites is 2. The molecule has 0 saturated carbocycles. The molecule has 29 heavy (non-hydrogen) atoms. The third-order valence-corrected chi connectivity index (χ3v) is 6.28. The molecule has 1 aliphatic heterocycles. The first-order valence-corrected chi connectivity index (χ1v) is 10.9. The number of aromatic nitrogens is 2. The number of hydrogen-bond donors (Lipinski definition) is 0. The Hall–Kier alpha value is -2.67. The number of esters is 1. The number of rotatable bonds is 5. The van der Waals surface area contributed by atoms with Gasteiger partial charge >= 0.3 is 5.97 Å². The third kappa shape index (κ3) is 3.79. The van der Waals surface area contributed by atoms with Gasteiger partial charge in [-0.1, -0.05) is 25.5 Å². The molecule has 0 aliphatic carbocycles. The summed E-state index contributed by atoms with van der Waals surface area (Å²) in [6.07, 6.45) is 4.77. The number of ether oxygens (including phenoxy) is 2. The van der Waals surface area contributed by atoms with E-state index in [1.165, 1.54) is 11.3 Å². The van der Waals surface area contributed by atoms with Crippen molar-refractivity contribution >= 4 is 27.5 Å². The van der Waals surface area contributed by atoms with E-state index in [0.29, 0.717) is 45.3 Å². The van der Waals surface area contributed by atoms with Gasteiger partial charge in [0.1, 0.15) is 15.5 Å². The van der Waals surface area contributed by atoms with E-state index < -0.39 is 5.97 Å². The van der Waals surface area contributed by atoms with E-state index in [1.54, 1.807) is 29.7 Å². The van der Waals surface area contributed by atoms with Crippen LogP contribution in [-0.2, 0) is 13.0 Å². The van der Waals surface area contributed by atoms with E-state index >= 15 is 0 Å². The summed E-state index contributed by atoms with van der Waals surface area (Å²) in [6, 6.07) is 7.12. The van der Waals surface area contributed by atoms with E-state index in [4.69, 9.17) is 14.5 Å². The van der Waals surface area contributed by atoms with Crippen LogP contribution in [-0.4, -0.2) is 22.1 Å². The van der Waals surface area contributed by atoms with Gasteiger partial charge in [-0.25, -0.2) is 9.78 Å². The summed E-state index contributed by atoms with van der Waals surface area (Å²) in [4.78, 5) is 31.7. The lowest BCUT2D eigenvalue weighted by atomic mass is 10.2. The van der Waals surface area contributed by atoms with Gasteiger partial charge in [0, 0.05) is 13.0 Å². The lowest BCUT2D eigenvalue weighted by Crippen LogP contribution is -2.24. The van der Waals surface area contributed by atoms with Gasteiger partial charge in [-0.05, 0) is 43.9 Å². The SMILES string of the molecule is CCCOc1ccccc1OC(=O)c1sc2nc3n(c(=O)c2c1C)CCCCC3. The minimum Gasteiger partial charge on any atom is -0.490 e. The quantitative estimate of drug-likeness (QED) is 0.456. The first-order chi connectivity index (χ1) is 14.1. The van der Waals surface area contributed by atoms with Gasteiger partial charge in [-0.15, -0.1) is 11.3 Å². The molecule has 1 aromatic carbocycles. The Morgan fingerprint density at radius 3 is 2.79 bits per heavy atom. The predicted octanol–water partition coefficient (Wildman–Crippen LogP) is 4.50. The number of nitrogens with zero attached hydrogens (tertiary/aromatic N) is 2. The second-order valence-electron chi connectivity index (χ2n) is 7.22. The van der Waals surface area contributed by atoms with Gasteiger partial charge in [-0.3, -0.25) is 9.36 Å². The van der Waals surface area contributed by atoms with Crippen LogP contribution in [0.5, 0.6) is 11.5 Å². The number of carbonyl (C=O) groups excluding carboxylic acids is 1. The van der Waals surface area contributed by atoms with Crippen molar-refractivity contribution in [3.63, 3.8) is 0 Å². The lowest BCUT2D eigenvalue weighted by Gasteiger charge is -2.10. The van der Waals surface area contributed by atoms with Crippen LogP contribution in [0.15, 0.2) is 29.1 Å². The van der Waals surface area contributed by atoms with Gasteiger partial charge < -0.3 is 9.47 Å². The fraction of sp³-hybridized carbons (Fsp3) is 0.409. The Labute approximate surface area is 173 Å². The van der Waals surface area contributed by atoms with Gasteiger partial charge in [0.25, 0.3) is 5.56 Å². The Kier molecular flexibility index (Phi) is 5.67. The number of fused-ring (bicyclic) bond motifs is 2. The van der Waals surface area contributed by atoms with Crippen LogP contribution in [0.2, 0.25) is 0 Å². The predicted molar refractivity (Wildman–Crippen MR) is 113 cm³/mol. The van der Waals surface area contributed by atoms with Crippen molar-refractivity contribution in [1.82, 2.24) is 9.55 Å². The molecule has 0 atom stereocenters. The van der Waals surface area contributed by atoms with Gasteiger partial charge in [0.15, 0.2) is 11.5 Å². The Morgan fingerprint density at radius 1 is 1.21 bits per heavy atom. The minimum absolute atomic E-state index is 0.0496. The molecule has 2 aromatic heterocycles. The first-order valence-electron chi connectivity index (χ1n) is 10.1. The van der Waals surface area contributed by atoms with Gasteiger partial charge in [-0.2, -0.15) is 0 Å². The van der Waals surface area contributed by atoms with Crippen LogP contribution < -0.4 is 15.0 Å². The molecule has 0 fully saturated rings. The summed E-state index contributed by atoms with van der Waals surface area (Å²) in [7, 11) is 0. The summed E-state index contributed by atoms with van der Waals surface area (Å²) < 4.78 is 13.1. The molecule has 0 amide bonds. The largest absolute Gasteiger partial charge is 0.490 e. The molecule has 0 saturated heterocycles. The molecule has 0 N–H and O–H groups in total. The molecule has 6 nitrogen and oxygen atoms in total. The van der Waals surface area contributed by atoms with Crippen molar-refractivity contribution in [2.24, 2.45) is 0 Å². The first kappa shape index (κ1) is 19.6. The molecule has 0 radical (unpaired) electrons. The molecule has 152 valence electrons. The zero-order chi connectivity index (χ0) is 20.4. The highest BCUT2D eigenvalue weighted by Crippen LogP contribution is 2.32. The maximum absolute atomic E-state index is 13.1. The molecular formula is C22H24N2O4S. The zero-order valence-electron chi connectivity index (χ0n) is 16.7. The summed E-state index contributed by atoms with van der Waals surface area (Å²) in [6.45, 7) is 5.04. The van der Waals surface area contributed by atoms with E-state index in [0.717, 1.165) is 37.9 Å². The van der Waals surface area contributed by atoms with Crippen molar-refractivity contribution in [1.29, 1.82) is 0 Å². The second kappa shape index (κ2) is 8.37. The Bertz CT molecular complexity index is 1120. The lowest BCUT2D eigenvalue weighted by molar-refractivity contribution is 0.0732. The van der Waals surface area contributed by atoms with Crippen molar-refractivity contribution < 1.29 is 14.3 Å². The summed E-state index contributed by atoms with van der Waals surface area (Å²) in [5.74, 6) is 1.24. The number of hydrogen-bond acceptors (Lipinski definition) is 6. The molecule has 0 spiro atoms. The highest BCUT2D eigenvalue weighted by atomic mass is 32.1. The van der Waals surface area contributed by atoms with Crippen molar-refractivity contribution in [2.45, 2.75) is 52.5 Å². The van der Waals surface area contributed by atoms with Crippen molar-refractivity contribution in [3.05, 3.63) is 50.9 Å². The van der Waals surface area contributed by atoms with Crippen LogP contribution in [0.4, 0.5) is 0 Å². The molecule has 7 heteroatoms. The third-order valence-electron chi connectivity index (χ3n) is 5.11. The molecule has 0 unspecified atom stereocenters. The van der Waals surface area contributed by atoms with E-state index in [2.05, 4.69) is 0 Å². The number of aryl methyl sites for hydroxylation is 2. The smallest absolute Gasteiger partial charge is 0.354 e. The number of thiophene rings is 1. The highest BCUT2D eigenvalue weighted by Gasteiger charge is 2.24. The Morgan fingerprint density at radius 2 is 2.00 bits per heavy atom. The Balaban J connectivity index is 1.70. The summed E-state index contributed by atoms with van der Waals surface area (Å²) in [5.41, 5.74) is 0.588. The zero-order valence-corrected chi connectivity index (χ0v) is 17.5. The highest BCUT2D eigenvalue weighted by molar-refractivity contribution is 7.20. The average Bonchev–Trinajstić information content (AvgIpc) is 2.88. The van der Waals surface area contributed by atoms with Crippen LogP contribution in [0.1, 0.15) is 53.7 Å². The fourth-order valence-electron chi connectivity index (χ4n) is 3.62. The number of benzene rings is 1. The monoisotopic (exact) mass is 412 g/mol. The van der Waals surface area contributed by atoms with Gasteiger partial charge in [0.2, 0.25) is 0 Å². The molecular weight excluding hydrogens is 388 g/mol. The standard InChI is InChI=1S/C22H24N2O4S/c1-3-13-27-15-9-6-7-10-16(15)28-22(26)19-14(2)18-20(29-19)23-17-11-5-4-8-12-24(17)21(18)25/h6-7,9-10H,3-5,8,11-13H2,1-2H3. The molecule has 3 heterocycles. The fourth-order valence-corrected chi connectivity index (χ4v) is 4.68. The summed E-state index contributed by atoms with van der Waals surface area (Å²) in [5, 5.41) is 0.531. The number of carbonyl (C=O) groups is 1. The second-order valence-corrected chi connectivity index (χ2v) is 8.22. The van der Waals surface area contributed by atoms with Crippen molar-refractivity contribution in [3.8, 4) is 11.5 Å². The maximum atomic E-state index is 13.1. The van der Waals surface area contributed by atoms with Crippen LogP contribution >= 0.6 is 11.3 Å². The van der Waals surface area contributed by atoms with E-state index in [-0.39, 0.29) is 5.56 Å². The average molecular weight is 413 g/mol. The molecule has 1 aliphatic rings. The summed E-state index contributed by atoms with van der Waals surface area (Å²) >= 11 is 1.23. The van der Waals surface area contributed by atoms with Crippen LogP contribution in [0.3, 0.4) is 0 Å². The van der Waals surface area contributed by atoms with E-state index in [9.17, 15) is 9.59 Å².